The van der Waals surface area contributed by atoms with Crippen LogP contribution in [0.4, 0.5) is 0 Å². The molecule has 1 aliphatic heterocycles. The maximum Gasteiger partial charge on any atom is 0.208 e. The number of aryl methyl sites for hydroxylation is 1. The molecule has 0 bridgehead atoms. The van der Waals surface area contributed by atoms with E-state index in [1.807, 2.05) is 25.1 Å². The highest BCUT2D eigenvalue weighted by Crippen LogP contribution is 2.29. The van der Waals surface area contributed by atoms with Gasteiger partial charge in [-0.25, -0.2) is 13.1 Å². The number of hydrogen-bond acceptors (Lipinski definition) is 4. The fourth-order valence-electron chi connectivity index (χ4n) is 2.44. The minimum atomic E-state index is -3.21. The molecule has 2 atom stereocenters. The number of halogens is 1. The van der Waals surface area contributed by atoms with Crippen LogP contribution in [0.15, 0.2) is 18.2 Å². The highest BCUT2D eigenvalue weighted by atomic mass is 35.5. The van der Waals surface area contributed by atoms with Crippen molar-refractivity contribution in [3.63, 3.8) is 0 Å². The lowest BCUT2D eigenvalue weighted by Crippen LogP contribution is -2.36. The van der Waals surface area contributed by atoms with E-state index in [1.165, 1.54) is 6.26 Å². The first-order valence-corrected chi connectivity index (χ1v) is 9.17. The Kier molecular flexibility index (Phi) is 5.62. The van der Waals surface area contributed by atoms with Gasteiger partial charge in [0.15, 0.2) is 0 Å². The van der Waals surface area contributed by atoms with Crippen LogP contribution in [-0.4, -0.2) is 40.9 Å². The molecule has 2 N–H and O–H groups in total. The average Bonchev–Trinajstić information content (AvgIpc) is 2.64. The largest absolute Gasteiger partial charge is 0.372 e. The van der Waals surface area contributed by atoms with Gasteiger partial charge in [0.25, 0.3) is 0 Å². The van der Waals surface area contributed by atoms with E-state index in [0.29, 0.717) is 19.7 Å². The molecule has 0 saturated carbocycles. The lowest BCUT2D eigenvalue weighted by molar-refractivity contribution is 0.0322. The van der Waals surface area contributed by atoms with Gasteiger partial charge in [-0.15, -0.1) is 0 Å². The van der Waals surface area contributed by atoms with E-state index in [1.54, 1.807) is 0 Å². The summed E-state index contributed by atoms with van der Waals surface area (Å²) in [5.74, 6) is 0.0304. The van der Waals surface area contributed by atoms with Crippen LogP contribution in [0.1, 0.15) is 17.2 Å². The monoisotopic (exact) mass is 332 g/mol. The minimum Gasteiger partial charge on any atom is -0.372 e. The Balaban J connectivity index is 2.20. The Morgan fingerprint density at radius 2 is 2.24 bits per heavy atom. The first-order chi connectivity index (χ1) is 9.87. The molecular weight excluding hydrogens is 312 g/mol. The van der Waals surface area contributed by atoms with Crippen LogP contribution in [0, 0.1) is 12.8 Å². The van der Waals surface area contributed by atoms with Crippen LogP contribution in [0.25, 0.3) is 0 Å². The molecule has 0 amide bonds. The maximum absolute atomic E-state index is 11.3. The molecule has 1 heterocycles. The molecule has 0 radical (unpaired) electrons. The zero-order valence-corrected chi connectivity index (χ0v) is 13.8. The molecule has 118 valence electrons. The molecule has 1 saturated heterocycles. The Labute approximate surface area is 131 Å². The minimum absolute atomic E-state index is 0.0304. The number of ether oxygens (including phenoxy) is 1. The number of hydrogen-bond donors (Lipinski definition) is 2. The molecule has 21 heavy (non-hydrogen) atoms. The summed E-state index contributed by atoms with van der Waals surface area (Å²) in [6.45, 7) is 4.36. The number of nitrogens with one attached hydrogen (secondary N) is 2. The summed E-state index contributed by atoms with van der Waals surface area (Å²) in [5, 5.41) is 3.99. The lowest BCUT2D eigenvalue weighted by atomic mass is 9.94. The molecule has 5 nitrogen and oxygen atoms in total. The summed E-state index contributed by atoms with van der Waals surface area (Å²) >= 11 is 6.06. The van der Waals surface area contributed by atoms with Crippen molar-refractivity contribution >= 4 is 21.6 Å². The van der Waals surface area contributed by atoms with Crippen LogP contribution < -0.4 is 10.0 Å². The van der Waals surface area contributed by atoms with E-state index in [9.17, 15) is 8.42 Å². The molecule has 7 heteroatoms. The predicted octanol–water partition coefficient (Wildman–Crippen LogP) is 1.47. The van der Waals surface area contributed by atoms with Gasteiger partial charge in [0.05, 0.1) is 19.0 Å². The van der Waals surface area contributed by atoms with Crippen LogP contribution in [0.3, 0.4) is 0 Å². The third-order valence-corrected chi connectivity index (χ3v) is 4.64. The molecule has 0 aliphatic carbocycles. The van der Waals surface area contributed by atoms with Gasteiger partial charge < -0.3 is 10.1 Å². The molecule has 1 aromatic rings. The van der Waals surface area contributed by atoms with Gasteiger partial charge in [-0.2, -0.15) is 0 Å². The molecule has 1 fully saturated rings. The first-order valence-electron chi connectivity index (χ1n) is 6.90. The summed E-state index contributed by atoms with van der Waals surface area (Å²) in [7, 11) is -3.21. The summed E-state index contributed by atoms with van der Waals surface area (Å²) in [5.41, 5.74) is 2.02. The van der Waals surface area contributed by atoms with Gasteiger partial charge in [-0.3, -0.25) is 0 Å². The van der Waals surface area contributed by atoms with Crippen molar-refractivity contribution in [1.82, 2.24) is 10.0 Å². The fourth-order valence-corrected chi connectivity index (χ4v) is 3.07. The Hall–Kier alpha value is -0.660. The van der Waals surface area contributed by atoms with Crippen molar-refractivity contribution in [2.45, 2.75) is 13.0 Å². The van der Waals surface area contributed by atoms with E-state index < -0.39 is 10.0 Å². The second-order valence-corrected chi connectivity index (χ2v) is 7.63. The lowest BCUT2D eigenvalue weighted by Gasteiger charge is -2.25. The third kappa shape index (κ3) is 4.93. The fraction of sp³-hybridized carbons (Fsp3) is 0.571. The van der Waals surface area contributed by atoms with Crippen molar-refractivity contribution in [3.8, 4) is 0 Å². The predicted molar refractivity (Wildman–Crippen MR) is 84.1 cm³/mol. The smallest absolute Gasteiger partial charge is 0.208 e. The standard InChI is InChI=1S/C14H21ClN2O3S/c1-10-7-11(3-4-13(10)15)14-12(8-16-5-6-20-14)9-17-21(2,18)19/h3-4,7,12,14,16-17H,5-6,8-9H2,1-2H3/t12-,14-/m1/s1. The van der Waals surface area contributed by atoms with Crippen LogP contribution in [0.5, 0.6) is 0 Å². The maximum atomic E-state index is 11.3. The summed E-state index contributed by atoms with van der Waals surface area (Å²) in [6.07, 6.45) is 1.02. The van der Waals surface area contributed by atoms with Crippen molar-refractivity contribution in [3.05, 3.63) is 34.3 Å². The topological polar surface area (TPSA) is 67.4 Å². The molecular formula is C14H21ClN2O3S. The SMILES string of the molecule is Cc1cc([C@H]2OCCNC[C@@H]2CNS(C)(=O)=O)ccc1Cl. The van der Waals surface area contributed by atoms with Crippen LogP contribution >= 0.6 is 11.6 Å². The van der Waals surface area contributed by atoms with E-state index >= 15 is 0 Å². The average molecular weight is 333 g/mol. The summed E-state index contributed by atoms with van der Waals surface area (Å²) in [4.78, 5) is 0. The molecule has 0 aromatic heterocycles. The molecule has 1 aliphatic rings. The van der Waals surface area contributed by atoms with Crippen molar-refractivity contribution < 1.29 is 13.2 Å². The van der Waals surface area contributed by atoms with Crippen molar-refractivity contribution in [2.24, 2.45) is 5.92 Å². The Morgan fingerprint density at radius 3 is 2.90 bits per heavy atom. The van der Waals surface area contributed by atoms with Gasteiger partial charge >= 0.3 is 0 Å². The number of rotatable bonds is 4. The normalized spacial score (nSPS) is 23.8. The third-order valence-electron chi connectivity index (χ3n) is 3.53. The Bertz CT molecular complexity index is 592. The summed E-state index contributed by atoms with van der Waals surface area (Å²) in [6, 6.07) is 5.81. The second kappa shape index (κ2) is 7.07. The van der Waals surface area contributed by atoms with Gasteiger partial charge in [0, 0.05) is 30.6 Å². The van der Waals surface area contributed by atoms with Gasteiger partial charge in [-0.1, -0.05) is 23.7 Å². The van der Waals surface area contributed by atoms with Crippen molar-refractivity contribution in [1.29, 1.82) is 0 Å². The second-order valence-electron chi connectivity index (χ2n) is 5.38. The van der Waals surface area contributed by atoms with Crippen molar-refractivity contribution in [2.75, 3.05) is 32.5 Å². The quantitative estimate of drug-likeness (QED) is 0.876. The Morgan fingerprint density at radius 1 is 1.48 bits per heavy atom. The molecule has 0 unspecified atom stereocenters. The van der Waals surface area contributed by atoms with Gasteiger partial charge in [-0.05, 0) is 24.1 Å². The van der Waals surface area contributed by atoms with Gasteiger partial charge in [0.1, 0.15) is 0 Å². The molecule has 1 aromatic carbocycles. The highest BCUT2D eigenvalue weighted by Gasteiger charge is 2.27. The van der Waals surface area contributed by atoms with E-state index in [2.05, 4.69) is 10.0 Å². The highest BCUT2D eigenvalue weighted by molar-refractivity contribution is 7.88. The first kappa shape index (κ1) is 16.7. The van der Waals surface area contributed by atoms with Crippen LogP contribution in [0.2, 0.25) is 5.02 Å². The molecule has 0 spiro atoms. The van der Waals surface area contributed by atoms with E-state index in [-0.39, 0.29) is 12.0 Å². The number of sulfonamides is 1. The van der Waals surface area contributed by atoms with E-state index in [0.717, 1.165) is 22.7 Å². The van der Waals surface area contributed by atoms with Gasteiger partial charge in [0.2, 0.25) is 10.0 Å². The zero-order chi connectivity index (χ0) is 15.5. The zero-order valence-electron chi connectivity index (χ0n) is 12.2. The molecule has 2 rings (SSSR count). The van der Waals surface area contributed by atoms with E-state index in [4.69, 9.17) is 16.3 Å². The van der Waals surface area contributed by atoms with Crippen LogP contribution in [-0.2, 0) is 14.8 Å². The summed E-state index contributed by atoms with van der Waals surface area (Å²) < 4.78 is 31.1. The number of benzene rings is 1.